The molecule has 1 heterocycles. The smallest absolute Gasteiger partial charge is 0.177 e. The predicted octanol–water partition coefficient (Wildman–Crippen LogP) is 5.56. The fraction of sp³-hybridized carbons (Fsp3) is 0.158. The molecule has 0 radical (unpaired) electrons. The third-order valence-corrected chi connectivity index (χ3v) is 4.89. The molecule has 2 aromatic carbocycles. The molecule has 122 valence electrons. The number of alkyl halides is 2. The molecule has 0 aliphatic rings. The molecule has 0 spiro atoms. The van der Waals surface area contributed by atoms with E-state index in [0.717, 1.165) is 22.3 Å². The fourth-order valence-electron chi connectivity index (χ4n) is 2.70. The summed E-state index contributed by atoms with van der Waals surface area (Å²) >= 11 is 6.39. The number of fused-ring (bicyclic) bond motifs is 1. The van der Waals surface area contributed by atoms with Gasteiger partial charge in [-0.2, -0.15) is 0 Å². The molecule has 0 unspecified atom stereocenters. The second-order valence-corrected chi connectivity index (χ2v) is 6.57. The van der Waals surface area contributed by atoms with Crippen LogP contribution in [0.25, 0.3) is 22.1 Å². The molecule has 0 aliphatic heterocycles. The number of furan rings is 1. The van der Waals surface area contributed by atoms with Gasteiger partial charge in [-0.1, -0.05) is 62.2 Å². The van der Waals surface area contributed by atoms with E-state index in [9.17, 15) is 9.59 Å². The third kappa shape index (κ3) is 3.10. The zero-order valence-corrected chi connectivity index (χ0v) is 16.1. The summed E-state index contributed by atoms with van der Waals surface area (Å²) < 4.78 is 5.76. The number of Topliss-reactive ketones (excluding diaryl/α,β-unsaturated/α-hetero) is 2. The van der Waals surface area contributed by atoms with E-state index in [1.165, 1.54) is 0 Å². The molecule has 3 nitrogen and oxygen atoms in total. The van der Waals surface area contributed by atoms with Gasteiger partial charge in [0.2, 0.25) is 0 Å². The zero-order chi connectivity index (χ0) is 17.3. The van der Waals surface area contributed by atoms with Crippen LogP contribution >= 0.6 is 31.9 Å². The van der Waals surface area contributed by atoms with Gasteiger partial charge in [0, 0.05) is 10.9 Å². The Morgan fingerprint density at radius 2 is 1.62 bits per heavy atom. The number of ketones is 2. The van der Waals surface area contributed by atoms with Gasteiger partial charge in [-0.15, -0.1) is 0 Å². The number of hydrogen-bond donors (Lipinski definition) is 0. The second-order valence-electron chi connectivity index (χ2n) is 5.45. The molecule has 0 bridgehead atoms. The van der Waals surface area contributed by atoms with Crippen LogP contribution in [0.4, 0.5) is 0 Å². The molecule has 0 N–H and O–H groups in total. The van der Waals surface area contributed by atoms with E-state index in [0.29, 0.717) is 22.0 Å². The van der Waals surface area contributed by atoms with Gasteiger partial charge in [0.05, 0.1) is 16.2 Å². The van der Waals surface area contributed by atoms with Crippen molar-refractivity contribution in [3.63, 3.8) is 0 Å². The molecule has 24 heavy (non-hydrogen) atoms. The molecule has 0 atom stereocenters. The summed E-state index contributed by atoms with van der Waals surface area (Å²) in [6.07, 6.45) is 0. The molecular formula is C19H14Br2O3. The monoisotopic (exact) mass is 448 g/mol. The third-order valence-electron chi connectivity index (χ3n) is 3.87. The summed E-state index contributed by atoms with van der Waals surface area (Å²) in [5.74, 6) is 0.787. The molecule has 1 aromatic heterocycles. The lowest BCUT2D eigenvalue weighted by Gasteiger charge is -2.07. The van der Waals surface area contributed by atoms with Gasteiger partial charge >= 0.3 is 0 Å². The molecule has 0 amide bonds. The predicted molar refractivity (Wildman–Crippen MR) is 103 cm³/mol. The van der Waals surface area contributed by atoms with Gasteiger partial charge in [0.25, 0.3) is 0 Å². The Morgan fingerprint density at radius 3 is 2.25 bits per heavy atom. The van der Waals surface area contributed by atoms with Gasteiger partial charge in [0.1, 0.15) is 11.3 Å². The van der Waals surface area contributed by atoms with Gasteiger partial charge in [-0.25, -0.2) is 0 Å². The van der Waals surface area contributed by atoms with Gasteiger partial charge in [-0.05, 0) is 30.2 Å². The maximum atomic E-state index is 12.1. The zero-order valence-electron chi connectivity index (χ0n) is 12.9. The average molecular weight is 450 g/mol. The highest BCUT2D eigenvalue weighted by molar-refractivity contribution is 9.09. The van der Waals surface area contributed by atoms with Crippen LogP contribution in [0.15, 0.2) is 46.9 Å². The van der Waals surface area contributed by atoms with Crippen molar-refractivity contribution in [1.29, 1.82) is 0 Å². The van der Waals surface area contributed by atoms with E-state index < -0.39 is 0 Å². The summed E-state index contributed by atoms with van der Waals surface area (Å²) in [5, 5.41) is 1.46. The quantitative estimate of drug-likeness (QED) is 0.378. The Kier molecular flexibility index (Phi) is 5.01. The minimum absolute atomic E-state index is 0.0147. The van der Waals surface area contributed by atoms with Crippen molar-refractivity contribution in [2.45, 2.75) is 6.92 Å². The number of aryl methyl sites for hydroxylation is 1. The van der Waals surface area contributed by atoms with Crippen LogP contribution < -0.4 is 0 Å². The van der Waals surface area contributed by atoms with Crippen molar-refractivity contribution in [3.05, 3.63) is 59.4 Å². The number of benzene rings is 2. The van der Waals surface area contributed by atoms with Crippen molar-refractivity contribution in [3.8, 4) is 11.1 Å². The van der Waals surface area contributed by atoms with Crippen molar-refractivity contribution >= 4 is 54.4 Å². The fourth-order valence-corrected chi connectivity index (χ4v) is 3.33. The lowest BCUT2D eigenvalue weighted by molar-refractivity contribution is 0.101. The van der Waals surface area contributed by atoms with Crippen LogP contribution in [0.5, 0.6) is 0 Å². The first-order valence-electron chi connectivity index (χ1n) is 7.37. The van der Waals surface area contributed by atoms with E-state index in [4.69, 9.17) is 4.42 Å². The highest BCUT2D eigenvalue weighted by Gasteiger charge is 2.16. The largest absolute Gasteiger partial charge is 0.461 e. The van der Waals surface area contributed by atoms with Gasteiger partial charge in [0.15, 0.2) is 11.6 Å². The van der Waals surface area contributed by atoms with E-state index in [1.54, 1.807) is 6.07 Å². The molecule has 5 heteroatoms. The highest BCUT2D eigenvalue weighted by atomic mass is 79.9. The maximum Gasteiger partial charge on any atom is 0.177 e. The number of halogens is 2. The van der Waals surface area contributed by atoms with E-state index in [1.807, 2.05) is 43.3 Å². The number of rotatable bonds is 5. The summed E-state index contributed by atoms with van der Waals surface area (Å²) in [7, 11) is 0. The second kappa shape index (κ2) is 7.03. The molecule has 0 saturated heterocycles. The summed E-state index contributed by atoms with van der Waals surface area (Å²) in [5.41, 5.74) is 3.80. The van der Waals surface area contributed by atoms with Crippen LogP contribution in [0.2, 0.25) is 0 Å². The van der Waals surface area contributed by atoms with Crippen molar-refractivity contribution < 1.29 is 14.0 Å². The minimum atomic E-state index is -0.0147. The first kappa shape index (κ1) is 17.1. The Hall–Kier alpha value is -1.72. The number of hydrogen-bond acceptors (Lipinski definition) is 3. The van der Waals surface area contributed by atoms with Crippen LogP contribution in [0, 0.1) is 6.92 Å². The Labute approximate surface area is 156 Å². The van der Waals surface area contributed by atoms with Gasteiger partial charge in [-0.3, -0.25) is 9.59 Å². The van der Waals surface area contributed by atoms with Crippen LogP contribution in [0.3, 0.4) is 0 Å². The van der Waals surface area contributed by atoms with E-state index in [2.05, 4.69) is 31.9 Å². The first-order valence-corrected chi connectivity index (χ1v) is 9.61. The topological polar surface area (TPSA) is 47.3 Å². The maximum absolute atomic E-state index is 12.1. The molecule has 3 rings (SSSR count). The normalized spacial score (nSPS) is 11.0. The summed E-state index contributed by atoms with van der Waals surface area (Å²) in [6, 6.07) is 13.1. The van der Waals surface area contributed by atoms with Crippen molar-refractivity contribution in [2.24, 2.45) is 0 Å². The molecule has 3 aromatic rings. The van der Waals surface area contributed by atoms with Crippen LogP contribution in [-0.4, -0.2) is 22.2 Å². The summed E-state index contributed by atoms with van der Waals surface area (Å²) in [6.45, 7) is 1.87. The minimum Gasteiger partial charge on any atom is -0.461 e. The van der Waals surface area contributed by atoms with Gasteiger partial charge < -0.3 is 4.42 Å². The number of carbonyl (C=O) groups is 2. The standard InChI is InChI=1S/C19H14Br2O3/c1-11-8-16-14(6-7-15(18(23)10-21)19(16)24-11)12-2-4-13(5-3-12)17(22)9-20/h2-8H,9-10H2,1H3. The number of carbonyl (C=O) groups excluding carboxylic acids is 2. The van der Waals surface area contributed by atoms with Crippen molar-refractivity contribution in [1.82, 2.24) is 0 Å². The molecule has 0 fully saturated rings. The lowest BCUT2D eigenvalue weighted by Crippen LogP contribution is -2.01. The SMILES string of the molecule is Cc1cc2c(-c3ccc(C(=O)CBr)cc3)ccc(C(=O)CBr)c2o1. The highest BCUT2D eigenvalue weighted by Crippen LogP contribution is 2.33. The Balaban J connectivity index is 2.13. The van der Waals surface area contributed by atoms with E-state index in [-0.39, 0.29) is 16.9 Å². The molecule has 0 saturated carbocycles. The lowest BCUT2D eigenvalue weighted by atomic mass is 9.97. The molecular weight excluding hydrogens is 436 g/mol. The molecule has 0 aliphatic carbocycles. The van der Waals surface area contributed by atoms with Crippen molar-refractivity contribution in [2.75, 3.05) is 10.7 Å². The average Bonchev–Trinajstić information content (AvgIpc) is 3.00. The van der Waals surface area contributed by atoms with Crippen LogP contribution in [-0.2, 0) is 0 Å². The Bertz CT molecular complexity index is 924. The van der Waals surface area contributed by atoms with E-state index >= 15 is 0 Å². The van der Waals surface area contributed by atoms with Crippen LogP contribution in [0.1, 0.15) is 26.5 Å². The first-order chi connectivity index (χ1) is 11.5. The summed E-state index contributed by atoms with van der Waals surface area (Å²) in [4.78, 5) is 23.8. The Morgan fingerprint density at radius 1 is 0.958 bits per heavy atom.